The molecule has 1 rings (SSSR count). The van der Waals surface area contributed by atoms with Crippen molar-refractivity contribution in [1.29, 1.82) is 0 Å². The van der Waals surface area contributed by atoms with Crippen molar-refractivity contribution in [2.75, 3.05) is 18.9 Å². The van der Waals surface area contributed by atoms with Crippen molar-refractivity contribution in [3.05, 3.63) is 54.6 Å². The van der Waals surface area contributed by atoms with Crippen molar-refractivity contribution in [3.8, 4) is 0 Å². The Labute approximate surface area is 113 Å². The molecule has 2 amide bonds. The van der Waals surface area contributed by atoms with E-state index in [0.717, 1.165) is 5.69 Å². The second-order valence-corrected chi connectivity index (χ2v) is 3.99. The van der Waals surface area contributed by atoms with E-state index in [9.17, 15) is 9.59 Å². The third-order valence-electron chi connectivity index (χ3n) is 2.36. The maximum Gasteiger partial charge on any atom is 0.246 e. The Kier molecular flexibility index (Phi) is 6.09. The van der Waals surface area contributed by atoms with E-state index >= 15 is 0 Å². The van der Waals surface area contributed by atoms with E-state index in [1.807, 2.05) is 31.2 Å². The first-order valence-corrected chi connectivity index (χ1v) is 6.03. The standard InChI is InChI=1S/C15H18N2O2/c1-3-4-6-11-15(19)17(2)12-14(18)16-13-9-7-5-8-10-13/h3-11H,12H2,1-2H3,(H,16,18)/b4-3+,11-6+. The maximum absolute atomic E-state index is 11.7. The monoisotopic (exact) mass is 258 g/mol. The fourth-order valence-electron chi connectivity index (χ4n) is 1.39. The summed E-state index contributed by atoms with van der Waals surface area (Å²) in [6.07, 6.45) is 6.66. The Morgan fingerprint density at radius 3 is 2.53 bits per heavy atom. The molecule has 1 aromatic rings. The van der Waals surface area contributed by atoms with E-state index in [1.165, 1.54) is 11.0 Å². The number of carbonyl (C=O) groups is 2. The number of hydrogen-bond donors (Lipinski definition) is 1. The first kappa shape index (κ1) is 14.7. The van der Waals surface area contributed by atoms with Crippen LogP contribution in [-0.2, 0) is 9.59 Å². The number of carbonyl (C=O) groups excluding carboxylic acids is 2. The molecule has 1 aromatic carbocycles. The van der Waals surface area contributed by atoms with E-state index in [0.29, 0.717) is 0 Å². The van der Waals surface area contributed by atoms with Crippen molar-refractivity contribution in [1.82, 2.24) is 4.90 Å². The van der Waals surface area contributed by atoms with Crippen molar-refractivity contribution >= 4 is 17.5 Å². The summed E-state index contributed by atoms with van der Waals surface area (Å²) in [4.78, 5) is 24.7. The average Bonchev–Trinajstić information content (AvgIpc) is 2.39. The smallest absolute Gasteiger partial charge is 0.246 e. The first-order chi connectivity index (χ1) is 9.13. The minimum absolute atomic E-state index is 0.0217. The van der Waals surface area contributed by atoms with E-state index in [-0.39, 0.29) is 18.4 Å². The molecule has 1 N–H and O–H groups in total. The highest BCUT2D eigenvalue weighted by Gasteiger charge is 2.10. The third-order valence-corrected chi connectivity index (χ3v) is 2.36. The lowest BCUT2D eigenvalue weighted by Crippen LogP contribution is -2.33. The molecule has 0 unspecified atom stereocenters. The zero-order chi connectivity index (χ0) is 14.1. The lowest BCUT2D eigenvalue weighted by atomic mass is 10.3. The van der Waals surface area contributed by atoms with Gasteiger partial charge in [-0.2, -0.15) is 0 Å². The van der Waals surface area contributed by atoms with Crippen LogP contribution in [0, 0.1) is 0 Å². The number of likely N-dealkylation sites (N-methyl/N-ethyl adjacent to an activating group) is 1. The van der Waals surface area contributed by atoms with Gasteiger partial charge in [0.05, 0.1) is 6.54 Å². The zero-order valence-corrected chi connectivity index (χ0v) is 11.2. The summed E-state index contributed by atoms with van der Waals surface area (Å²) in [6, 6.07) is 9.14. The molecule has 100 valence electrons. The van der Waals surface area contributed by atoms with Crippen LogP contribution >= 0.6 is 0 Å². The fraction of sp³-hybridized carbons (Fsp3) is 0.200. The number of nitrogens with zero attached hydrogens (tertiary/aromatic N) is 1. The molecule has 0 fully saturated rings. The van der Waals surface area contributed by atoms with Crippen LogP contribution in [0.3, 0.4) is 0 Å². The molecule has 0 bridgehead atoms. The summed E-state index contributed by atoms with van der Waals surface area (Å²) in [5.41, 5.74) is 0.720. The molecule has 0 aliphatic rings. The van der Waals surface area contributed by atoms with Gasteiger partial charge >= 0.3 is 0 Å². The van der Waals surface area contributed by atoms with Gasteiger partial charge in [-0.25, -0.2) is 0 Å². The molecule has 0 heterocycles. The van der Waals surface area contributed by atoms with Gasteiger partial charge in [-0.1, -0.05) is 36.4 Å². The summed E-state index contributed by atoms with van der Waals surface area (Å²) in [6.45, 7) is 1.89. The van der Waals surface area contributed by atoms with Gasteiger partial charge in [0.25, 0.3) is 0 Å². The molecule has 0 aliphatic carbocycles. The number of anilines is 1. The maximum atomic E-state index is 11.7. The first-order valence-electron chi connectivity index (χ1n) is 6.03. The zero-order valence-electron chi connectivity index (χ0n) is 11.2. The SMILES string of the molecule is C/C=C/C=C/C(=O)N(C)CC(=O)Nc1ccccc1. The summed E-state index contributed by atoms with van der Waals surface area (Å²) in [5.74, 6) is -0.428. The Morgan fingerprint density at radius 1 is 1.21 bits per heavy atom. The summed E-state index contributed by atoms with van der Waals surface area (Å²) < 4.78 is 0. The molecule has 19 heavy (non-hydrogen) atoms. The highest BCUT2D eigenvalue weighted by molar-refractivity contribution is 5.96. The van der Waals surface area contributed by atoms with Gasteiger partial charge < -0.3 is 10.2 Å². The van der Waals surface area contributed by atoms with Crippen molar-refractivity contribution in [3.63, 3.8) is 0 Å². The predicted octanol–water partition coefficient (Wildman–Crippen LogP) is 2.22. The Hall–Kier alpha value is -2.36. The van der Waals surface area contributed by atoms with Gasteiger partial charge in [0, 0.05) is 18.8 Å². The molecule has 0 radical (unpaired) electrons. The molecule has 0 atom stereocenters. The molecule has 0 saturated heterocycles. The van der Waals surface area contributed by atoms with E-state index in [2.05, 4.69) is 5.32 Å². The van der Waals surface area contributed by atoms with Crippen LogP contribution in [0.15, 0.2) is 54.6 Å². The highest BCUT2D eigenvalue weighted by Crippen LogP contribution is 2.04. The Balaban J connectivity index is 2.46. The quantitative estimate of drug-likeness (QED) is 0.650. The second kappa shape index (κ2) is 7.87. The van der Waals surface area contributed by atoms with Crippen LogP contribution in [0.2, 0.25) is 0 Å². The van der Waals surface area contributed by atoms with Gasteiger partial charge in [-0.3, -0.25) is 9.59 Å². The summed E-state index contributed by atoms with van der Waals surface area (Å²) in [5, 5.41) is 2.72. The third kappa shape index (κ3) is 5.68. The van der Waals surface area contributed by atoms with Crippen LogP contribution in [0.4, 0.5) is 5.69 Å². The second-order valence-electron chi connectivity index (χ2n) is 3.99. The number of nitrogens with one attached hydrogen (secondary N) is 1. The Morgan fingerprint density at radius 2 is 1.89 bits per heavy atom. The molecule has 0 aliphatic heterocycles. The van der Waals surface area contributed by atoms with E-state index in [1.54, 1.807) is 31.3 Å². The van der Waals surface area contributed by atoms with Gasteiger partial charge in [0.15, 0.2) is 0 Å². The molecule has 4 nitrogen and oxygen atoms in total. The van der Waals surface area contributed by atoms with E-state index in [4.69, 9.17) is 0 Å². The molecular formula is C15H18N2O2. The predicted molar refractivity (Wildman–Crippen MR) is 76.7 cm³/mol. The number of benzene rings is 1. The minimum atomic E-state index is -0.221. The largest absolute Gasteiger partial charge is 0.333 e. The average molecular weight is 258 g/mol. The van der Waals surface area contributed by atoms with E-state index < -0.39 is 0 Å². The van der Waals surface area contributed by atoms with Gasteiger partial charge in [-0.05, 0) is 19.1 Å². The fourth-order valence-corrected chi connectivity index (χ4v) is 1.39. The molecule has 0 saturated carbocycles. The van der Waals surface area contributed by atoms with Crippen LogP contribution in [-0.4, -0.2) is 30.3 Å². The number of rotatable bonds is 5. The van der Waals surface area contributed by atoms with Crippen LogP contribution in [0.5, 0.6) is 0 Å². The lowest BCUT2D eigenvalue weighted by Gasteiger charge is -2.14. The molecule has 0 aromatic heterocycles. The lowest BCUT2D eigenvalue weighted by molar-refractivity contribution is -0.129. The molecular weight excluding hydrogens is 240 g/mol. The van der Waals surface area contributed by atoms with Crippen molar-refractivity contribution in [2.24, 2.45) is 0 Å². The number of amides is 2. The van der Waals surface area contributed by atoms with Crippen molar-refractivity contribution < 1.29 is 9.59 Å². The molecule has 0 spiro atoms. The number of hydrogen-bond acceptors (Lipinski definition) is 2. The normalized spacial score (nSPS) is 10.8. The number of para-hydroxylation sites is 1. The Bertz CT molecular complexity index is 478. The highest BCUT2D eigenvalue weighted by atomic mass is 16.2. The van der Waals surface area contributed by atoms with Crippen LogP contribution < -0.4 is 5.32 Å². The van der Waals surface area contributed by atoms with Crippen LogP contribution in [0.1, 0.15) is 6.92 Å². The van der Waals surface area contributed by atoms with Gasteiger partial charge in [0.1, 0.15) is 0 Å². The van der Waals surface area contributed by atoms with Crippen LogP contribution in [0.25, 0.3) is 0 Å². The van der Waals surface area contributed by atoms with Gasteiger partial charge in [0.2, 0.25) is 11.8 Å². The summed E-state index contributed by atoms with van der Waals surface area (Å²) >= 11 is 0. The number of allylic oxidation sites excluding steroid dienone is 3. The van der Waals surface area contributed by atoms with Gasteiger partial charge in [-0.15, -0.1) is 0 Å². The minimum Gasteiger partial charge on any atom is -0.333 e. The van der Waals surface area contributed by atoms with Crippen molar-refractivity contribution in [2.45, 2.75) is 6.92 Å². The summed E-state index contributed by atoms with van der Waals surface area (Å²) in [7, 11) is 1.59. The topological polar surface area (TPSA) is 49.4 Å². The molecule has 4 heteroatoms.